The van der Waals surface area contributed by atoms with E-state index in [1.807, 2.05) is 0 Å². The molecule has 0 amide bonds. The summed E-state index contributed by atoms with van der Waals surface area (Å²) in [7, 11) is 0. The molecule has 2 heterocycles. The van der Waals surface area contributed by atoms with Crippen LogP contribution in [0.15, 0.2) is 39.7 Å². The molecule has 0 aromatic carbocycles. The first-order valence-electron chi connectivity index (χ1n) is 4.80. The van der Waals surface area contributed by atoms with E-state index in [2.05, 4.69) is 26.2 Å². The molecule has 2 N–H and O–H groups in total. The highest BCUT2D eigenvalue weighted by molar-refractivity contribution is 9.10. The fraction of sp³-hybridized carbons (Fsp3) is 0.0909. The Morgan fingerprint density at radius 1 is 1.59 bits per heavy atom. The summed E-state index contributed by atoms with van der Waals surface area (Å²) in [6.07, 6.45) is 4.70. The van der Waals surface area contributed by atoms with E-state index in [0.717, 1.165) is 5.56 Å². The monoisotopic (exact) mass is 296 g/mol. The second-order valence-electron chi connectivity index (χ2n) is 3.34. The zero-order valence-corrected chi connectivity index (χ0v) is 10.3. The van der Waals surface area contributed by atoms with E-state index in [1.165, 1.54) is 6.07 Å². The van der Waals surface area contributed by atoms with Gasteiger partial charge in [-0.25, -0.2) is 9.78 Å². The summed E-state index contributed by atoms with van der Waals surface area (Å²) in [5.41, 5.74) is 1.05. The Hall–Kier alpha value is -1.82. The van der Waals surface area contributed by atoms with Gasteiger partial charge >= 0.3 is 5.97 Å². The van der Waals surface area contributed by atoms with E-state index in [9.17, 15) is 4.79 Å². The smallest absolute Gasteiger partial charge is 0.339 e. The van der Waals surface area contributed by atoms with Gasteiger partial charge in [0.1, 0.15) is 11.4 Å². The minimum absolute atomic E-state index is 0.128. The van der Waals surface area contributed by atoms with Gasteiger partial charge in [-0.2, -0.15) is 0 Å². The van der Waals surface area contributed by atoms with Gasteiger partial charge < -0.3 is 14.8 Å². The summed E-state index contributed by atoms with van der Waals surface area (Å²) < 4.78 is 5.54. The van der Waals surface area contributed by atoms with Crippen molar-refractivity contribution in [3.05, 3.63) is 46.5 Å². The van der Waals surface area contributed by atoms with Crippen molar-refractivity contribution in [2.24, 2.45) is 0 Å². The zero-order valence-electron chi connectivity index (χ0n) is 8.68. The Labute approximate surface area is 106 Å². The van der Waals surface area contributed by atoms with Crippen LogP contribution in [0, 0.1) is 0 Å². The molecule has 0 unspecified atom stereocenters. The number of hydrogen-bond donors (Lipinski definition) is 2. The van der Waals surface area contributed by atoms with Crippen LogP contribution in [0.1, 0.15) is 15.9 Å². The summed E-state index contributed by atoms with van der Waals surface area (Å²) in [5, 5.41) is 12.0. The fourth-order valence-corrected chi connectivity index (χ4v) is 1.65. The van der Waals surface area contributed by atoms with Crippen molar-refractivity contribution < 1.29 is 14.3 Å². The van der Waals surface area contributed by atoms with Crippen molar-refractivity contribution in [1.29, 1.82) is 0 Å². The molecule has 5 nitrogen and oxygen atoms in total. The predicted molar refractivity (Wildman–Crippen MR) is 64.9 cm³/mol. The number of anilines is 1. The third-order valence-electron chi connectivity index (χ3n) is 2.12. The summed E-state index contributed by atoms with van der Waals surface area (Å²) in [6.45, 7) is 0.464. The SMILES string of the molecule is O=C(O)c1cc(Br)cnc1NCc1ccoc1. The molecule has 0 atom stereocenters. The lowest BCUT2D eigenvalue weighted by Gasteiger charge is -2.07. The van der Waals surface area contributed by atoms with Gasteiger partial charge in [-0.3, -0.25) is 0 Å². The van der Waals surface area contributed by atoms with E-state index < -0.39 is 5.97 Å². The Balaban J connectivity index is 2.17. The molecule has 0 aliphatic carbocycles. The summed E-state index contributed by atoms with van der Waals surface area (Å²) in [6, 6.07) is 3.30. The molecule has 2 aromatic heterocycles. The molecule has 0 saturated carbocycles. The number of carbonyl (C=O) groups is 1. The zero-order chi connectivity index (χ0) is 12.3. The molecule has 6 heteroatoms. The van der Waals surface area contributed by atoms with Crippen molar-refractivity contribution in [2.45, 2.75) is 6.54 Å². The van der Waals surface area contributed by atoms with Crippen LogP contribution in [0.3, 0.4) is 0 Å². The van der Waals surface area contributed by atoms with E-state index in [1.54, 1.807) is 24.8 Å². The maximum Gasteiger partial charge on any atom is 0.339 e. The number of carboxylic acid groups (broad SMARTS) is 1. The van der Waals surface area contributed by atoms with Gasteiger partial charge in [0.25, 0.3) is 0 Å². The van der Waals surface area contributed by atoms with Crippen LogP contribution >= 0.6 is 15.9 Å². The van der Waals surface area contributed by atoms with Crippen LogP contribution in [0.2, 0.25) is 0 Å². The van der Waals surface area contributed by atoms with Crippen LogP contribution in [-0.2, 0) is 6.54 Å². The molecular formula is C11H9BrN2O3. The largest absolute Gasteiger partial charge is 0.478 e. The average Bonchev–Trinajstić information content (AvgIpc) is 2.80. The normalized spacial score (nSPS) is 10.2. The molecule has 0 fully saturated rings. The Kier molecular flexibility index (Phi) is 3.43. The average molecular weight is 297 g/mol. The number of hydrogen-bond acceptors (Lipinski definition) is 4. The highest BCUT2D eigenvalue weighted by atomic mass is 79.9. The number of nitrogens with one attached hydrogen (secondary N) is 1. The van der Waals surface area contributed by atoms with Crippen molar-refractivity contribution in [2.75, 3.05) is 5.32 Å². The van der Waals surface area contributed by atoms with Crippen molar-refractivity contribution in [3.63, 3.8) is 0 Å². The fourth-order valence-electron chi connectivity index (χ4n) is 1.32. The standard InChI is InChI=1S/C11H9BrN2O3/c12-8-3-9(11(15)16)10(14-5-8)13-4-7-1-2-17-6-7/h1-3,5-6H,4H2,(H,13,14)(H,15,16). The van der Waals surface area contributed by atoms with E-state index >= 15 is 0 Å². The first-order valence-corrected chi connectivity index (χ1v) is 5.60. The predicted octanol–water partition coefficient (Wildman–Crippen LogP) is 2.75. The number of aromatic nitrogens is 1. The number of rotatable bonds is 4. The number of pyridine rings is 1. The van der Waals surface area contributed by atoms with Crippen LogP contribution < -0.4 is 5.32 Å². The molecule has 2 rings (SSSR count). The first kappa shape index (κ1) is 11.7. The Morgan fingerprint density at radius 2 is 2.41 bits per heavy atom. The van der Waals surface area contributed by atoms with Crippen molar-refractivity contribution >= 4 is 27.7 Å². The molecule has 88 valence electrons. The number of carboxylic acids is 1. The molecular weight excluding hydrogens is 288 g/mol. The molecule has 0 bridgehead atoms. The second-order valence-corrected chi connectivity index (χ2v) is 4.26. The van der Waals surface area contributed by atoms with Crippen molar-refractivity contribution in [3.8, 4) is 0 Å². The van der Waals surface area contributed by atoms with E-state index in [4.69, 9.17) is 9.52 Å². The van der Waals surface area contributed by atoms with Crippen LogP contribution in [0.25, 0.3) is 0 Å². The van der Waals surface area contributed by atoms with Crippen LogP contribution in [0.5, 0.6) is 0 Å². The van der Waals surface area contributed by atoms with Gasteiger partial charge in [0, 0.05) is 22.8 Å². The highest BCUT2D eigenvalue weighted by Gasteiger charge is 2.11. The Bertz CT molecular complexity index is 526. The van der Waals surface area contributed by atoms with E-state index in [0.29, 0.717) is 16.8 Å². The van der Waals surface area contributed by atoms with Crippen LogP contribution in [0.4, 0.5) is 5.82 Å². The minimum Gasteiger partial charge on any atom is -0.478 e. The number of furan rings is 1. The number of nitrogens with zero attached hydrogens (tertiary/aromatic N) is 1. The molecule has 0 spiro atoms. The lowest BCUT2D eigenvalue weighted by molar-refractivity contribution is 0.0697. The van der Waals surface area contributed by atoms with Crippen molar-refractivity contribution in [1.82, 2.24) is 4.98 Å². The molecule has 0 saturated heterocycles. The highest BCUT2D eigenvalue weighted by Crippen LogP contribution is 2.18. The first-order chi connectivity index (χ1) is 8.16. The Morgan fingerprint density at radius 3 is 3.06 bits per heavy atom. The van der Waals surface area contributed by atoms with E-state index in [-0.39, 0.29) is 5.56 Å². The second kappa shape index (κ2) is 5.01. The lowest BCUT2D eigenvalue weighted by Crippen LogP contribution is -2.08. The van der Waals surface area contributed by atoms with Gasteiger partial charge in [-0.1, -0.05) is 0 Å². The number of aromatic carboxylic acids is 1. The maximum absolute atomic E-state index is 11.0. The molecule has 0 aliphatic heterocycles. The number of halogens is 1. The van der Waals surface area contributed by atoms with Gasteiger partial charge in [-0.05, 0) is 28.1 Å². The summed E-state index contributed by atoms with van der Waals surface area (Å²) in [4.78, 5) is 15.0. The van der Waals surface area contributed by atoms with Gasteiger partial charge in [0.05, 0.1) is 12.5 Å². The molecule has 2 aromatic rings. The van der Waals surface area contributed by atoms with Crippen LogP contribution in [-0.4, -0.2) is 16.1 Å². The quantitative estimate of drug-likeness (QED) is 0.907. The maximum atomic E-state index is 11.0. The minimum atomic E-state index is -1.02. The third kappa shape index (κ3) is 2.85. The van der Waals surface area contributed by atoms with Gasteiger partial charge in [0.2, 0.25) is 0 Å². The molecule has 17 heavy (non-hydrogen) atoms. The molecule has 0 aliphatic rings. The van der Waals surface area contributed by atoms with Gasteiger partial charge in [0.15, 0.2) is 0 Å². The lowest BCUT2D eigenvalue weighted by atomic mass is 10.2. The third-order valence-corrected chi connectivity index (χ3v) is 2.56. The summed E-state index contributed by atoms with van der Waals surface area (Å²) in [5.74, 6) is -0.685. The topological polar surface area (TPSA) is 75.4 Å². The summed E-state index contributed by atoms with van der Waals surface area (Å²) >= 11 is 3.19. The van der Waals surface area contributed by atoms with Gasteiger partial charge in [-0.15, -0.1) is 0 Å². The molecule has 0 radical (unpaired) electrons.